The van der Waals surface area contributed by atoms with Gasteiger partial charge in [0.25, 0.3) is 0 Å². The number of nitrogens with two attached hydrogens (primary N) is 1. The van der Waals surface area contributed by atoms with Crippen LogP contribution in [0.1, 0.15) is 118 Å². The van der Waals surface area contributed by atoms with Gasteiger partial charge in [-0.05, 0) is 82.4 Å². The molecule has 0 amide bonds. The summed E-state index contributed by atoms with van der Waals surface area (Å²) in [7, 11) is 0. The van der Waals surface area contributed by atoms with Crippen LogP contribution in [0.4, 0.5) is 0 Å². The fraction of sp³-hybridized carbons (Fsp3) is 0.471. The second kappa shape index (κ2) is 10.5. The van der Waals surface area contributed by atoms with E-state index in [4.69, 9.17) is 5.73 Å². The highest BCUT2D eigenvalue weighted by Crippen LogP contribution is 2.36. The second-order valence-electron chi connectivity index (χ2n) is 12.9. The molecular weight excluding hydrogens is 436 g/mol. The quantitative estimate of drug-likeness (QED) is 0.394. The summed E-state index contributed by atoms with van der Waals surface area (Å²) in [6, 6.07) is 25.7. The van der Waals surface area contributed by atoms with Crippen molar-refractivity contribution < 1.29 is 0 Å². The van der Waals surface area contributed by atoms with Crippen molar-refractivity contribution in [2.75, 3.05) is 0 Å². The molecule has 0 saturated carbocycles. The second-order valence-corrected chi connectivity index (χ2v) is 12.9. The van der Waals surface area contributed by atoms with Crippen LogP contribution in [0.15, 0.2) is 66.7 Å². The molecule has 0 aromatic heterocycles. The first-order chi connectivity index (χ1) is 16.9. The lowest BCUT2D eigenvalue weighted by atomic mass is 9.85. The summed E-state index contributed by atoms with van der Waals surface area (Å²) in [4.78, 5) is 0. The van der Waals surface area contributed by atoms with Gasteiger partial charge in [-0.25, -0.2) is 0 Å². The minimum atomic E-state index is 0.234. The molecule has 2 nitrogen and oxygen atoms in total. The lowest BCUT2D eigenvalue weighted by molar-refractivity contribution is 0.465. The molecule has 3 aromatic carbocycles. The van der Waals surface area contributed by atoms with Gasteiger partial charge in [0, 0.05) is 18.1 Å². The molecule has 2 aliphatic carbocycles. The molecule has 36 heavy (non-hydrogen) atoms. The van der Waals surface area contributed by atoms with E-state index in [0.717, 1.165) is 12.8 Å². The van der Waals surface area contributed by atoms with E-state index in [1.54, 1.807) is 0 Å². The molecule has 0 aliphatic heterocycles. The van der Waals surface area contributed by atoms with E-state index < -0.39 is 0 Å². The van der Waals surface area contributed by atoms with Crippen LogP contribution in [0.3, 0.4) is 0 Å². The van der Waals surface area contributed by atoms with Crippen molar-refractivity contribution in [2.24, 2.45) is 5.73 Å². The molecule has 0 saturated heterocycles. The van der Waals surface area contributed by atoms with Crippen molar-refractivity contribution in [1.29, 1.82) is 0 Å². The third-order valence-corrected chi connectivity index (χ3v) is 7.97. The normalized spacial score (nSPS) is 19.8. The van der Waals surface area contributed by atoms with Gasteiger partial charge < -0.3 is 11.1 Å². The maximum Gasteiger partial charge on any atom is 0.0331 e. The van der Waals surface area contributed by atoms with E-state index >= 15 is 0 Å². The van der Waals surface area contributed by atoms with Crippen molar-refractivity contribution in [3.63, 3.8) is 0 Å². The first-order valence-corrected chi connectivity index (χ1v) is 13.8. The van der Waals surface area contributed by atoms with Gasteiger partial charge in [0.2, 0.25) is 0 Å². The third kappa shape index (κ3) is 6.10. The predicted molar refractivity (Wildman–Crippen MR) is 155 cm³/mol. The first-order valence-electron chi connectivity index (χ1n) is 13.8. The smallest absolute Gasteiger partial charge is 0.0331 e. The minimum Gasteiger partial charge on any atom is -0.324 e. The molecule has 2 heteroatoms. The monoisotopic (exact) mass is 482 g/mol. The zero-order valence-corrected chi connectivity index (χ0v) is 23.5. The molecule has 5 rings (SSSR count). The zero-order chi connectivity index (χ0) is 26.1. The number of hydrogen-bond acceptors (Lipinski definition) is 2. The Bertz CT molecular complexity index is 1160. The largest absolute Gasteiger partial charge is 0.324 e. The topological polar surface area (TPSA) is 38.0 Å². The van der Waals surface area contributed by atoms with Gasteiger partial charge in [-0.3, -0.25) is 0 Å². The average molecular weight is 483 g/mol. The molecule has 0 radical (unpaired) electrons. The van der Waals surface area contributed by atoms with Crippen LogP contribution >= 0.6 is 0 Å². The maximum absolute atomic E-state index is 6.01. The van der Waals surface area contributed by atoms with Crippen LogP contribution in [0, 0.1) is 0 Å². The Balaban J connectivity index is 0.000000187. The molecule has 0 spiro atoms. The number of aryl methyl sites for hydroxylation is 2. The molecule has 192 valence electrons. The minimum absolute atomic E-state index is 0.234. The molecule has 3 N–H and O–H groups in total. The Kier molecular flexibility index (Phi) is 7.78. The Labute approximate surface area is 219 Å². The van der Waals surface area contributed by atoms with Crippen LogP contribution in [0.2, 0.25) is 0 Å². The number of rotatable bonds is 3. The van der Waals surface area contributed by atoms with Crippen LogP contribution in [0.25, 0.3) is 0 Å². The van der Waals surface area contributed by atoms with Crippen LogP contribution in [-0.2, 0) is 23.7 Å². The van der Waals surface area contributed by atoms with Gasteiger partial charge >= 0.3 is 0 Å². The Hall–Kier alpha value is -2.42. The van der Waals surface area contributed by atoms with Gasteiger partial charge in [-0.1, -0.05) is 108 Å². The number of hydrogen-bond donors (Lipinski definition) is 2. The third-order valence-electron chi connectivity index (χ3n) is 7.97. The van der Waals surface area contributed by atoms with Crippen molar-refractivity contribution in [3.8, 4) is 0 Å². The maximum atomic E-state index is 6.01. The van der Waals surface area contributed by atoms with E-state index in [0.29, 0.717) is 12.1 Å². The standard InChI is InChI=1S/C21H27N.C13H19N/c1-15(16-8-6-5-7-9-16)22-20-13-10-17-14-18(21(2,3)4)11-12-19(17)20;1-13(2,3)10-5-6-11-9(8-10)4-7-12(11)14/h5-9,11-12,14-15,20,22H,10,13H2,1-4H3;5-6,8,12H,4,7,14H2,1-3H3/t15-,20?;12-/m11/s1. The SMILES string of the molecule is CC(C)(C)c1ccc2c(c1)CC[C@H]2N.C[C@@H](NC1CCc2cc(C(C)(C)C)ccc21)c1ccccc1. The molecule has 0 heterocycles. The van der Waals surface area contributed by atoms with E-state index in [-0.39, 0.29) is 16.9 Å². The summed E-state index contributed by atoms with van der Waals surface area (Å²) in [6.07, 6.45) is 4.67. The van der Waals surface area contributed by atoms with Gasteiger partial charge in [0.05, 0.1) is 0 Å². The molecule has 0 bridgehead atoms. The molecular formula is C34H46N2. The summed E-state index contributed by atoms with van der Waals surface area (Å²) < 4.78 is 0. The molecule has 3 atom stereocenters. The molecule has 1 unspecified atom stereocenters. The van der Waals surface area contributed by atoms with Crippen molar-refractivity contribution in [1.82, 2.24) is 5.32 Å². The Morgan fingerprint density at radius 1 is 0.722 bits per heavy atom. The fourth-order valence-corrected chi connectivity index (χ4v) is 5.51. The highest BCUT2D eigenvalue weighted by molar-refractivity contribution is 5.41. The average Bonchev–Trinajstić information content (AvgIpc) is 3.41. The van der Waals surface area contributed by atoms with Gasteiger partial charge in [-0.15, -0.1) is 0 Å². The fourth-order valence-electron chi connectivity index (χ4n) is 5.51. The van der Waals surface area contributed by atoms with Crippen molar-refractivity contribution >= 4 is 0 Å². The summed E-state index contributed by atoms with van der Waals surface area (Å²) in [5, 5.41) is 3.81. The summed E-state index contributed by atoms with van der Waals surface area (Å²) in [6.45, 7) is 15.9. The van der Waals surface area contributed by atoms with Crippen LogP contribution < -0.4 is 11.1 Å². The molecule has 0 fully saturated rings. The van der Waals surface area contributed by atoms with Gasteiger partial charge in [-0.2, -0.15) is 0 Å². The van der Waals surface area contributed by atoms with E-state index in [1.165, 1.54) is 51.8 Å². The zero-order valence-electron chi connectivity index (χ0n) is 23.5. The van der Waals surface area contributed by atoms with Crippen LogP contribution in [0.5, 0.6) is 0 Å². The highest BCUT2D eigenvalue weighted by atomic mass is 14.9. The van der Waals surface area contributed by atoms with Crippen molar-refractivity contribution in [2.45, 2.75) is 103 Å². The van der Waals surface area contributed by atoms with E-state index in [9.17, 15) is 0 Å². The van der Waals surface area contributed by atoms with Crippen LogP contribution in [-0.4, -0.2) is 0 Å². The number of nitrogens with one attached hydrogen (secondary N) is 1. The molecule has 2 aliphatic rings. The Morgan fingerprint density at radius 3 is 1.83 bits per heavy atom. The van der Waals surface area contributed by atoms with Gasteiger partial charge in [0.15, 0.2) is 0 Å². The Morgan fingerprint density at radius 2 is 1.25 bits per heavy atom. The number of fused-ring (bicyclic) bond motifs is 2. The van der Waals surface area contributed by atoms with E-state index in [2.05, 4.69) is 121 Å². The van der Waals surface area contributed by atoms with E-state index in [1.807, 2.05) is 0 Å². The first kappa shape index (κ1) is 26.6. The number of benzene rings is 3. The van der Waals surface area contributed by atoms with Gasteiger partial charge in [0.1, 0.15) is 0 Å². The van der Waals surface area contributed by atoms with Crippen molar-refractivity contribution in [3.05, 3.63) is 106 Å². The summed E-state index contributed by atoms with van der Waals surface area (Å²) in [5.41, 5.74) is 16.6. The summed E-state index contributed by atoms with van der Waals surface area (Å²) >= 11 is 0. The lowest BCUT2D eigenvalue weighted by Gasteiger charge is -2.23. The predicted octanol–water partition coefficient (Wildman–Crippen LogP) is 8.25. The highest BCUT2D eigenvalue weighted by Gasteiger charge is 2.26. The molecule has 3 aromatic rings. The lowest BCUT2D eigenvalue weighted by Crippen LogP contribution is -2.23. The summed E-state index contributed by atoms with van der Waals surface area (Å²) in [5.74, 6) is 0.